The van der Waals surface area contributed by atoms with Crippen molar-refractivity contribution in [3.8, 4) is 5.75 Å². The summed E-state index contributed by atoms with van der Waals surface area (Å²) in [7, 11) is 0. The molecule has 2 aromatic carbocycles. The number of carbonyl (C=O) groups excluding carboxylic acids is 2. The van der Waals surface area contributed by atoms with Crippen molar-refractivity contribution in [2.24, 2.45) is 5.73 Å². The van der Waals surface area contributed by atoms with E-state index in [1.54, 1.807) is 0 Å². The maximum absolute atomic E-state index is 12.7. The quantitative estimate of drug-likeness (QED) is 0.443. The van der Waals surface area contributed by atoms with Crippen molar-refractivity contribution in [1.29, 1.82) is 0 Å². The molecule has 0 atom stereocenters. The van der Waals surface area contributed by atoms with E-state index in [2.05, 4.69) is 0 Å². The number of nitrogen functional groups attached to an aromatic ring is 1. The minimum Gasteiger partial charge on any atom is -0.508 e. The van der Waals surface area contributed by atoms with Gasteiger partial charge in [-0.1, -0.05) is 30.2 Å². The number of aromatic hydroxyl groups is 1. The van der Waals surface area contributed by atoms with Gasteiger partial charge in [0.2, 0.25) is 5.91 Å². The average Bonchev–Trinajstić information content (AvgIpc) is 2.53. The first-order valence-electron chi connectivity index (χ1n) is 8.07. The zero-order chi connectivity index (χ0) is 19.0. The van der Waals surface area contributed by atoms with Crippen molar-refractivity contribution in [3.63, 3.8) is 0 Å². The second kappa shape index (κ2) is 5.44. The minimum atomic E-state index is -0.962. The van der Waals surface area contributed by atoms with Crippen LogP contribution in [0.15, 0.2) is 42.3 Å². The lowest BCUT2D eigenvalue weighted by molar-refractivity contribution is -0.117. The molecule has 0 aliphatic heterocycles. The Labute approximate surface area is 122 Å². The van der Waals surface area contributed by atoms with Crippen LogP contribution in [0.1, 0.15) is 28.3 Å². The summed E-state index contributed by atoms with van der Waals surface area (Å²) in [4.78, 5) is 23.8. The van der Waals surface area contributed by atoms with Crippen LogP contribution in [0, 0.1) is 0 Å². The number of phenols is 1. The van der Waals surface area contributed by atoms with Gasteiger partial charge in [-0.2, -0.15) is 0 Å². The number of anilines is 1. The fourth-order valence-corrected chi connectivity index (χ4v) is 1.72. The van der Waals surface area contributed by atoms with Crippen LogP contribution in [-0.2, 0) is 11.2 Å². The molecule has 0 aliphatic carbocycles. The SMILES string of the molecule is [2H]c1c([2H])c([2H])c(C(=O)c2cc(O)cc(CC(N)=O)c2N)c([2H])c1[2H]. The van der Waals surface area contributed by atoms with Gasteiger partial charge in [0.1, 0.15) is 5.75 Å². The van der Waals surface area contributed by atoms with Crippen LogP contribution < -0.4 is 11.5 Å². The first-order valence-corrected chi connectivity index (χ1v) is 5.57. The van der Waals surface area contributed by atoms with Crippen LogP contribution in [0.4, 0.5) is 5.69 Å². The van der Waals surface area contributed by atoms with Gasteiger partial charge in [0.25, 0.3) is 0 Å². The van der Waals surface area contributed by atoms with E-state index in [4.69, 9.17) is 18.3 Å². The van der Waals surface area contributed by atoms with Crippen molar-refractivity contribution in [2.45, 2.75) is 6.42 Å². The fourth-order valence-electron chi connectivity index (χ4n) is 1.72. The second-order valence-corrected chi connectivity index (χ2v) is 4.04. The first-order chi connectivity index (χ1) is 11.6. The monoisotopic (exact) mass is 275 g/mol. The standard InChI is InChI=1S/C15H14N2O3/c16-13(19)7-10-6-11(18)8-12(14(10)17)15(20)9-4-2-1-3-5-9/h1-6,8,18H,7,17H2,(H2,16,19)/i1D,2D,3D,4D,5D. The van der Waals surface area contributed by atoms with Gasteiger partial charge in [0.05, 0.1) is 13.3 Å². The van der Waals surface area contributed by atoms with E-state index in [9.17, 15) is 14.7 Å². The summed E-state index contributed by atoms with van der Waals surface area (Å²) in [6, 6.07) is -1.17. The number of phenolic OH excluding ortho intramolecular Hbond substituents is 1. The number of hydrogen-bond acceptors (Lipinski definition) is 4. The first kappa shape index (κ1) is 8.37. The van der Waals surface area contributed by atoms with Gasteiger partial charge in [-0.05, 0) is 17.7 Å². The van der Waals surface area contributed by atoms with Crippen LogP contribution in [0.25, 0.3) is 0 Å². The normalized spacial score (nSPS) is 13.7. The van der Waals surface area contributed by atoms with E-state index in [1.165, 1.54) is 6.07 Å². The maximum atomic E-state index is 12.7. The molecule has 1 amide bonds. The van der Waals surface area contributed by atoms with Crippen molar-refractivity contribution >= 4 is 17.4 Å². The molecule has 0 spiro atoms. The smallest absolute Gasteiger partial charge is 0.221 e. The number of carbonyl (C=O) groups is 2. The Hall–Kier alpha value is -2.82. The van der Waals surface area contributed by atoms with E-state index in [1.807, 2.05) is 0 Å². The molecule has 0 fully saturated rings. The van der Waals surface area contributed by atoms with Crippen LogP contribution in [0.5, 0.6) is 5.75 Å². The highest BCUT2D eigenvalue weighted by molar-refractivity contribution is 6.12. The molecular formula is C15H14N2O3. The lowest BCUT2D eigenvalue weighted by atomic mass is 9.97. The number of primary amides is 1. The van der Waals surface area contributed by atoms with Gasteiger partial charge in [0.15, 0.2) is 5.78 Å². The van der Waals surface area contributed by atoms with Gasteiger partial charge < -0.3 is 16.6 Å². The summed E-state index contributed by atoms with van der Waals surface area (Å²) in [5.41, 5.74) is 10.0. The molecule has 0 heterocycles. The van der Waals surface area contributed by atoms with E-state index in [0.717, 1.165) is 6.07 Å². The molecule has 5 heteroatoms. The molecule has 0 saturated carbocycles. The predicted octanol–water partition coefficient (Wildman–Crippen LogP) is 1.23. The summed E-state index contributed by atoms with van der Waals surface area (Å²) in [5.74, 6) is -2.07. The Morgan fingerprint density at radius 2 is 1.85 bits per heavy atom. The van der Waals surface area contributed by atoms with Crippen LogP contribution >= 0.6 is 0 Å². The van der Waals surface area contributed by atoms with Crippen molar-refractivity contribution in [1.82, 2.24) is 0 Å². The van der Waals surface area contributed by atoms with Gasteiger partial charge in [-0.25, -0.2) is 0 Å². The minimum absolute atomic E-state index is 0.100. The number of hydrogen-bond donors (Lipinski definition) is 3. The molecule has 102 valence electrons. The zero-order valence-electron chi connectivity index (χ0n) is 15.3. The van der Waals surface area contributed by atoms with Gasteiger partial charge in [-0.3, -0.25) is 9.59 Å². The Bertz CT molecular complexity index is 886. The number of amides is 1. The molecule has 0 aromatic heterocycles. The topological polar surface area (TPSA) is 106 Å². The van der Waals surface area contributed by atoms with E-state index >= 15 is 0 Å². The molecule has 0 bridgehead atoms. The number of rotatable bonds is 4. The van der Waals surface area contributed by atoms with Gasteiger partial charge in [0, 0.05) is 16.8 Å². The fraction of sp³-hybridized carbons (Fsp3) is 0.0667. The average molecular weight is 275 g/mol. The Morgan fingerprint density at radius 1 is 1.20 bits per heavy atom. The van der Waals surface area contributed by atoms with Gasteiger partial charge >= 0.3 is 0 Å². The molecule has 0 radical (unpaired) electrons. The molecular weight excluding hydrogens is 256 g/mol. The third-order valence-electron chi connectivity index (χ3n) is 2.59. The highest BCUT2D eigenvalue weighted by atomic mass is 16.3. The zero-order valence-corrected chi connectivity index (χ0v) is 10.3. The Kier molecular flexibility index (Phi) is 2.28. The summed E-state index contributed by atoms with van der Waals surface area (Å²) >= 11 is 0. The van der Waals surface area contributed by atoms with Gasteiger partial charge in [-0.15, -0.1) is 0 Å². The molecule has 5 nitrogen and oxygen atoms in total. The summed E-state index contributed by atoms with van der Waals surface area (Å²) in [6.45, 7) is 0. The molecule has 2 rings (SSSR count). The van der Waals surface area contributed by atoms with E-state index in [0.29, 0.717) is 0 Å². The van der Waals surface area contributed by atoms with Crippen LogP contribution in [-0.4, -0.2) is 16.8 Å². The van der Waals surface area contributed by atoms with Crippen LogP contribution in [0.3, 0.4) is 0 Å². The third-order valence-corrected chi connectivity index (χ3v) is 2.59. The highest BCUT2D eigenvalue weighted by Crippen LogP contribution is 2.26. The molecule has 0 saturated heterocycles. The summed E-state index contributed by atoms with van der Waals surface area (Å²) in [6.07, 6.45) is -0.332. The second-order valence-electron chi connectivity index (χ2n) is 4.04. The molecule has 2 aromatic rings. The summed E-state index contributed by atoms with van der Waals surface area (Å²) < 4.78 is 38.5. The lowest BCUT2D eigenvalue weighted by Crippen LogP contribution is -2.16. The highest BCUT2D eigenvalue weighted by Gasteiger charge is 2.17. The molecule has 0 unspecified atom stereocenters. The van der Waals surface area contributed by atoms with Crippen molar-refractivity contribution < 1.29 is 21.5 Å². The number of benzene rings is 2. The molecule has 0 aliphatic rings. The van der Waals surface area contributed by atoms with E-state index < -0.39 is 47.5 Å². The number of nitrogens with two attached hydrogens (primary N) is 2. The summed E-state index contributed by atoms with van der Waals surface area (Å²) in [5, 5.41) is 9.76. The van der Waals surface area contributed by atoms with Crippen LogP contribution in [0.2, 0.25) is 0 Å². The maximum Gasteiger partial charge on any atom is 0.221 e. The van der Waals surface area contributed by atoms with Crippen molar-refractivity contribution in [2.75, 3.05) is 5.73 Å². The molecule has 5 N–H and O–H groups in total. The Morgan fingerprint density at radius 3 is 2.45 bits per heavy atom. The van der Waals surface area contributed by atoms with Crippen molar-refractivity contribution in [3.05, 3.63) is 59.0 Å². The third kappa shape index (κ3) is 2.77. The lowest BCUT2D eigenvalue weighted by Gasteiger charge is -2.10. The molecule has 20 heavy (non-hydrogen) atoms. The van der Waals surface area contributed by atoms with E-state index in [-0.39, 0.29) is 29.0 Å². The largest absolute Gasteiger partial charge is 0.508 e. The Balaban J connectivity index is 2.71. The number of ketones is 1. The predicted molar refractivity (Wildman–Crippen MR) is 75.3 cm³/mol.